The first kappa shape index (κ1) is 10.2. The van der Waals surface area contributed by atoms with E-state index in [2.05, 4.69) is 61.1 Å². The normalized spacial score (nSPS) is 11.5. The molecule has 0 radical (unpaired) electrons. The van der Waals surface area contributed by atoms with Crippen molar-refractivity contribution in [2.45, 2.75) is 6.42 Å². The summed E-state index contributed by atoms with van der Waals surface area (Å²) in [6, 6.07) is 8.76. The minimum Gasteiger partial charge on any atom is -0.351 e. The lowest BCUT2D eigenvalue weighted by molar-refractivity contribution is 0.414. The van der Waals surface area contributed by atoms with Gasteiger partial charge in [-0.25, -0.2) is 0 Å². The second-order valence-corrected chi connectivity index (χ2v) is 4.33. The van der Waals surface area contributed by atoms with Crippen LogP contribution in [0.1, 0.15) is 5.56 Å². The lowest BCUT2D eigenvalue weighted by Crippen LogP contribution is -2.15. The summed E-state index contributed by atoms with van der Waals surface area (Å²) < 4.78 is 2.18. The van der Waals surface area contributed by atoms with Gasteiger partial charge >= 0.3 is 0 Å². The van der Waals surface area contributed by atoms with Crippen LogP contribution in [0.2, 0.25) is 0 Å². The number of hydrogen-bond acceptors (Lipinski definition) is 1. The molecule has 0 saturated carbocycles. The minimum atomic E-state index is 1.11. The third-order valence-corrected chi connectivity index (χ3v) is 2.85. The number of nitrogens with zero attached hydrogens (tertiary/aromatic N) is 2. The van der Waals surface area contributed by atoms with Crippen molar-refractivity contribution in [2.75, 3.05) is 20.6 Å². The van der Waals surface area contributed by atoms with Gasteiger partial charge in [0.1, 0.15) is 0 Å². The monoisotopic (exact) mass is 202 g/mol. The molecule has 2 aromatic rings. The molecule has 0 aliphatic heterocycles. The van der Waals surface area contributed by atoms with Crippen molar-refractivity contribution in [3.05, 3.63) is 36.0 Å². The standard InChI is InChI=1S/C13H18N2/c1-14(2)9-7-11-5-4-6-13-12(11)8-10-15(13)3/h4-6,8,10H,7,9H2,1-3H3. The zero-order chi connectivity index (χ0) is 10.8. The van der Waals surface area contributed by atoms with E-state index in [4.69, 9.17) is 0 Å². The number of likely N-dealkylation sites (N-methyl/N-ethyl adjacent to an activating group) is 1. The Labute approximate surface area is 91.1 Å². The molecule has 0 amide bonds. The molecule has 1 aromatic carbocycles. The van der Waals surface area contributed by atoms with Gasteiger partial charge in [0.2, 0.25) is 0 Å². The number of aromatic nitrogens is 1. The van der Waals surface area contributed by atoms with Crippen molar-refractivity contribution < 1.29 is 0 Å². The molecule has 0 aliphatic rings. The summed E-state index contributed by atoms with van der Waals surface area (Å²) in [4.78, 5) is 2.22. The van der Waals surface area contributed by atoms with Gasteiger partial charge in [0.25, 0.3) is 0 Å². The Morgan fingerprint density at radius 1 is 1.20 bits per heavy atom. The van der Waals surface area contributed by atoms with Crippen LogP contribution in [0.3, 0.4) is 0 Å². The van der Waals surface area contributed by atoms with Crippen LogP contribution < -0.4 is 0 Å². The zero-order valence-electron chi connectivity index (χ0n) is 9.70. The smallest absolute Gasteiger partial charge is 0.0480 e. The Kier molecular flexibility index (Phi) is 2.78. The van der Waals surface area contributed by atoms with Gasteiger partial charge in [-0.1, -0.05) is 12.1 Å². The fourth-order valence-corrected chi connectivity index (χ4v) is 1.93. The van der Waals surface area contributed by atoms with Gasteiger partial charge in [-0.3, -0.25) is 0 Å². The van der Waals surface area contributed by atoms with Gasteiger partial charge in [0.15, 0.2) is 0 Å². The molecule has 1 aromatic heterocycles. The van der Waals surface area contributed by atoms with Crippen LogP contribution in [0.5, 0.6) is 0 Å². The number of fused-ring (bicyclic) bond motifs is 1. The summed E-state index contributed by atoms with van der Waals surface area (Å²) in [7, 11) is 6.33. The van der Waals surface area contributed by atoms with Crippen LogP contribution in [0, 0.1) is 0 Å². The highest BCUT2D eigenvalue weighted by Crippen LogP contribution is 2.19. The maximum absolute atomic E-state index is 2.23. The van der Waals surface area contributed by atoms with Crippen molar-refractivity contribution >= 4 is 10.9 Å². The van der Waals surface area contributed by atoms with Gasteiger partial charge in [0, 0.05) is 30.7 Å². The topological polar surface area (TPSA) is 8.17 Å². The second kappa shape index (κ2) is 4.07. The van der Waals surface area contributed by atoms with Crippen LogP contribution in [-0.4, -0.2) is 30.1 Å². The molecule has 2 heteroatoms. The van der Waals surface area contributed by atoms with Crippen molar-refractivity contribution in [1.29, 1.82) is 0 Å². The van der Waals surface area contributed by atoms with Gasteiger partial charge in [-0.15, -0.1) is 0 Å². The average molecular weight is 202 g/mol. The van der Waals surface area contributed by atoms with E-state index in [0.29, 0.717) is 0 Å². The van der Waals surface area contributed by atoms with E-state index in [1.54, 1.807) is 0 Å². The Morgan fingerprint density at radius 2 is 2.00 bits per heavy atom. The summed E-state index contributed by atoms with van der Waals surface area (Å²) in [6.07, 6.45) is 3.25. The van der Waals surface area contributed by atoms with Crippen LogP contribution in [0.4, 0.5) is 0 Å². The molecule has 0 fully saturated rings. The second-order valence-electron chi connectivity index (χ2n) is 4.33. The minimum absolute atomic E-state index is 1.11. The predicted octanol–water partition coefficient (Wildman–Crippen LogP) is 2.28. The van der Waals surface area contributed by atoms with E-state index < -0.39 is 0 Å². The molecule has 0 saturated heterocycles. The molecule has 0 atom stereocenters. The van der Waals surface area contributed by atoms with Gasteiger partial charge in [-0.2, -0.15) is 0 Å². The van der Waals surface area contributed by atoms with Crippen LogP contribution in [0.15, 0.2) is 30.5 Å². The highest BCUT2D eigenvalue weighted by Gasteiger charge is 2.03. The highest BCUT2D eigenvalue weighted by molar-refractivity contribution is 5.83. The van der Waals surface area contributed by atoms with Crippen molar-refractivity contribution in [2.24, 2.45) is 7.05 Å². The third-order valence-electron chi connectivity index (χ3n) is 2.85. The molecular formula is C13H18N2. The average Bonchev–Trinajstić information content (AvgIpc) is 2.58. The van der Waals surface area contributed by atoms with Gasteiger partial charge in [0.05, 0.1) is 0 Å². The summed E-state index contributed by atoms with van der Waals surface area (Å²) in [5.41, 5.74) is 2.77. The van der Waals surface area contributed by atoms with Crippen LogP contribution in [0.25, 0.3) is 10.9 Å². The molecule has 15 heavy (non-hydrogen) atoms. The largest absolute Gasteiger partial charge is 0.351 e. The first-order valence-electron chi connectivity index (χ1n) is 5.36. The summed E-state index contributed by atoms with van der Waals surface area (Å²) in [5.74, 6) is 0. The SMILES string of the molecule is CN(C)CCc1cccc2c1ccn2C. The van der Waals surface area contributed by atoms with Crippen LogP contribution in [-0.2, 0) is 13.5 Å². The maximum Gasteiger partial charge on any atom is 0.0480 e. The molecule has 2 rings (SSSR count). The molecule has 0 bridgehead atoms. The molecule has 0 aliphatic carbocycles. The first-order valence-corrected chi connectivity index (χ1v) is 5.36. The summed E-state index contributed by atoms with van der Waals surface area (Å²) in [6.45, 7) is 1.11. The Bertz CT molecular complexity index is 455. The van der Waals surface area contributed by atoms with E-state index >= 15 is 0 Å². The number of benzene rings is 1. The van der Waals surface area contributed by atoms with Crippen molar-refractivity contribution in [3.8, 4) is 0 Å². The fraction of sp³-hybridized carbons (Fsp3) is 0.385. The summed E-state index contributed by atoms with van der Waals surface area (Å²) >= 11 is 0. The van der Waals surface area contributed by atoms with Gasteiger partial charge in [-0.05, 0) is 38.2 Å². The predicted molar refractivity (Wildman–Crippen MR) is 65.2 cm³/mol. The van der Waals surface area contributed by atoms with Gasteiger partial charge < -0.3 is 9.47 Å². The number of hydrogen-bond donors (Lipinski definition) is 0. The molecule has 0 unspecified atom stereocenters. The van der Waals surface area contributed by atoms with E-state index in [0.717, 1.165) is 13.0 Å². The quantitative estimate of drug-likeness (QED) is 0.741. The zero-order valence-corrected chi connectivity index (χ0v) is 9.70. The number of aryl methyl sites for hydroxylation is 1. The molecule has 2 nitrogen and oxygen atoms in total. The third kappa shape index (κ3) is 2.05. The first-order chi connectivity index (χ1) is 7.18. The summed E-state index contributed by atoms with van der Waals surface area (Å²) in [5, 5.41) is 1.39. The molecule has 0 N–H and O–H groups in total. The Morgan fingerprint density at radius 3 is 2.73 bits per heavy atom. The maximum atomic E-state index is 2.23. The van der Waals surface area contributed by atoms with E-state index in [9.17, 15) is 0 Å². The van der Waals surface area contributed by atoms with Crippen molar-refractivity contribution in [3.63, 3.8) is 0 Å². The Balaban J connectivity index is 2.34. The van der Waals surface area contributed by atoms with E-state index in [1.807, 2.05) is 0 Å². The molecule has 1 heterocycles. The highest BCUT2D eigenvalue weighted by atomic mass is 15.0. The molecular weight excluding hydrogens is 184 g/mol. The fourth-order valence-electron chi connectivity index (χ4n) is 1.93. The van der Waals surface area contributed by atoms with Crippen molar-refractivity contribution in [1.82, 2.24) is 9.47 Å². The lowest BCUT2D eigenvalue weighted by Gasteiger charge is -2.10. The number of rotatable bonds is 3. The van der Waals surface area contributed by atoms with E-state index in [1.165, 1.54) is 16.5 Å². The molecule has 80 valence electrons. The van der Waals surface area contributed by atoms with Crippen LogP contribution >= 0.6 is 0 Å². The lowest BCUT2D eigenvalue weighted by atomic mass is 10.1. The Hall–Kier alpha value is -1.28. The van der Waals surface area contributed by atoms with E-state index in [-0.39, 0.29) is 0 Å². The molecule has 0 spiro atoms.